The Hall–Kier alpha value is -1.28. The number of piperidine rings is 1. The molecule has 2 aliphatic heterocycles. The van der Waals surface area contributed by atoms with Gasteiger partial charge in [0.25, 0.3) is 0 Å². The molecule has 0 radical (unpaired) electrons. The first-order valence-electron chi connectivity index (χ1n) is 6.65. The van der Waals surface area contributed by atoms with E-state index in [0.29, 0.717) is 0 Å². The van der Waals surface area contributed by atoms with Crippen molar-refractivity contribution in [3.05, 3.63) is 6.08 Å². The summed E-state index contributed by atoms with van der Waals surface area (Å²) in [6.45, 7) is 8.10. The third-order valence-electron chi connectivity index (χ3n) is 3.59. The van der Waals surface area contributed by atoms with Crippen molar-refractivity contribution < 1.29 is 9.53 Å². The van der Waals surface area contributed by atoms with Crippen LogP contribution in [0.5, 0.6) is 0 Å². The van der Waals surface area contributed by atoms with Crippen LogP contribution in [-0.4, -0.2) is 42.1 Å². The largest absolute Gasteiger partial charge is 0.444 e. The van der Waals surface area contributed by atoms with Crippen LogP contribution in [0.1, 0.15) is 40.0 Å². The maximum Gasteiger partial charge on any atom is 0.410 e. The quantitative estimate of drug-likeness (QED) is 0.663. The molecule has 4 heteroatoms. The lowest BCUT2D eigenvalue weighted by molar-refractivity contribution is 0.0139. The average molecular weight is 250 g/mol. The molecule has 0 atom stereocenters. The second kappa shape index (κ2) is 4.77. The lowest BCUT2D eigenvalue weighted by Crippen LogP contribution is -2.45. The van der Waals surface area contributed by atoms with Crippen molar-refractivity contribution >= 4 is 12.0 Å². The monoisotopic (exact) mass is 250 g/mol. The Kier molecular flexibility index (Phi) is 3.49. The van der Waals surface area contributed by atoms with Gasteiger partial charge in [-0.3, -0.25) is 0 Å². The van der Waals surface area contributed by atoms with Crippen LogP contribution in [0, 0.1) is 5.41 Å². The van der Waals surface area contributed by atoms with Crippen molar-refractivity contribution in [1.82, 2.24) is 4.90 Å². The first-order chi connectivity index (χ1) is 8.40. The molecule has 18 heavy (non-hydrogen) atoms. The van der Waals surface area contributed by atoms with Crippen molar-refractivity contribution in [2.45, 2.75) is 45.6 Å². The first-order valence-corrected chi connectivity index (χ1v) is 6.65. The van der Waals surface area contributed by atoms with Crippen molar-refractivity contribution in [2.75, 3.05) is 19.6 Å². The average Bonchev–Trinajstić information content (AvgIpc) is 2.28. The number of ether oxygens (including phenoxy) is 1. The summed E-state index contributed by atoms with van der Waals surface area (Å²) in [4.78, 5) is 17.9. The second-order valence-corrected chi connectivity index (χ2v) is 6.23. The van der Waals surface area contributed by atoms with Gasteiger partial charge >= 0.3 is 6.09 Å². The van der Waals surface area contributed by atoms with Gasteiger partial charge in [-0.2, -0.15) is 0 Å². The van der Waals surface area contributed by atoms with E-state index < -0.39 is 5.60 Å². The second-order valence-electron chi connectivity index (χ2n) is 6.23. The zero-order valence-electron chi connectivity index (χ0n) is 11.5. The van der Waals surface area contributed by atoms with Crippen molar-refractivity contribution in [2.24, 2.45) is 10.4 Å². The Bertz CT molecular complexity index is 381. The number of hydrogen-bond donors (Lipinski definition) is 0. The summed E-state index contributed by atoms with van der Waals surface area (Å²) < 4.78 is 5.40. The van der Waals surface area contributed by atoms with Crippen LogP contribution in [0.15, 0.2) is 11.1 Å². The summed E-state index contributed by atoms with van der Waals surface area (Å²) in [5, 5.41) is 0. The van der Waals surface area contributed by atoms with Crippen LogP contribution in [0.2, 0.25) is 0 Å². The predicted molar refractivity (Wildman–Crippen MR) is 71.0 cm³/mol. The molecular weight excluding hydrogens is 228 g/mol. The number of likely N-dealkylation sites (tertiary alicyclic amines) is 1. The molecule has 0 aliphatic carbocycles. The number of carbonyl (C=O) groups excluding carboxylic acids is 1. The minimum atomic E-state index is -0.413. The van der Waals surface area contributed by atoms with E-state index in [2.05, 4.69) is 16.9 Å². The van der Waals surface area contributed by atoms with Crippen LogP contribution in [0.3, 0.4) is 0 Å². The summed E-state index contributed by atoms with van der Waals surface area (Å²) in [5.74, 6) is 2.99. The van der Waals surface area contributed by atoms with Crippen LogP contribution >= 0.6 is 0 Å². The summed E-state index contributed by atoms with van der Waals surface area (Å²) in [6, 6.07) is 0. The topological polar surface area (TPSA) is 41.9 Å². The minimum absolute atomic E-state index is 0.189. The van der Waals surface area contributed by atoms with E-state index in [1.165, 1.54) is 0 Å². The zero-order valence-corrected chi connectivity index (χ0v) is 11.5. The molecule has 2 rings (SSSR count). The molecule has 0 aromatic heterocycles. The number of nitrogens with zero attached hydrogens (tertiary/aromatic N) is 2. The van der Waals surface area contributed by atoms with Gasteiger partial charge in [0, 0.05) is 25.0 Å². The Morgan fingerprint density at radius 3 is 2.50 bits per heavy atom. The van der Waals surface area contributed by atoms with Gasteiger partial charge in [0.05, 0.1) is 0 Å². The Morgan fingerprint density at radius 1 is 1.33 bits per heavy atom. The fourth-order valence-electron chi connectivity index (χ4n) is 2.45. The Labute approximate surface area is 109 Å². The molecule has 1 amide bonds. The standard InChI is InChI=1S/C14H22N2O2/c1-13(2,3)18-12(17)16-10-6-14(7-11-16)4-8-15-9-5-14/h4H,5-7,9-11H2,1-3H3. The van der Waals surface area contributed by atoms with E-state index in [0.717, 1.165) is 38.9 Å². The number of amides is 1. The zero-order chi connectivity index (χ0) is 13.2. The van der Waals surface area contributed by atoms with Gasteiger partial charge in [-0.15, -0.1) is 0 Å². The molecule has 0 bridgehead atoms. The van der Waals surface area contributed by atoms with Gasteiger partial charge in [0.2, 0.25) is 0 Å². The molecule has 0 aromatic rings. The lowest BCUT2D eigenvalue weighted by Gasteiger charge is -2.40. The highest BCUT2D eigenvalue weighted by Crippen LogP contribution is 2.37. The minimum Gasteiger partial charge on any atom is -0.444 e. The van der Waals surface area contributed by atoms with Crippen LogP contribution in [0.4, 0.5) is 4.79 Å². The number of carbonyl (C=O) groups is 1. The van der Waals surface area contributed by atoms with Crippen molar-refractivity contribution in [1.29, 1.82) is 0 Å². The number of aliphatic imine (C=N–C) groups is 1. The first kappa shape index (κ1) is 13.2. The summed E-state index contributed by atoms with van der Waals surface area (Å²) in [7, 11) is 0. The van der Waals surface area contributed by atoms with E-state index in [1.54, 1.807) is 0 Å². The highest BCUT2D eigenvalue weighted by molar-refractivity contribution is 5.68. The molecule has 2 heterocycles. The third kappa shape index (κ3) is 3.14. The number of rotatable bonds is 0. The Morgan fingerprint density at radius 2 is 2.00 bits per heavy atom. The molecule has 0 saturated carbocycles. The lowest BCUT2D eigenvalue weighted by atomic mass is 9.75. The summed E-state index contributed by atoms with van der Waals surface area (Å²) in [5.41, 5.74) is -0.191. The van der Waals surface area contributed by atoms with Gasteiger partial charge in [0.15, 0.2) is 0 Å². The smallest absolute Gasteiger partial charge is 0.410 e. The van der Waals surface area contributed by atoms with Gasteiger partial charge in [-0.25, -0.2) is 9.79 Å². The fraction of sp³-hybridized carbons (Fsp3) is 0.786. The van der Waals surface area contributed by atoms with Gasteiger partial charge in [0.1, 0.15) is 5.60 Å². The van der Waals surface area contributed by atoms with Crippen LogP contribution in [-0.2, 0) is 4.74 Å². The van der Waals surface area contributed by atoms with Crippen molar-refractivity contribution in [3.63, 3.8) is 0 Å². The van der Waals surface area contributed by atoms with E-state index in [1.807, 2.05) is 25.7 Å². The molecule has 100 valence electrons. The number of hydrogen-bond acceptors (Lipinski definition) is 3. The number of allylic oxidation sites excluding steroid dienone is 1. The fourth-order valence-corrected chi connectivity index (χ4v) is 2.45. The van der Waals surface area contributed by atoms with Gasteiger partial charge < -0.3 is 9.64 Å². The van der Waals surface area contributed by atoms with E-state index in [-0.39, 0.29) is 11.5 Å². The maximum atomic E-state index is 11.9. The molecule has 0 N–H and O–H groups in total. The molecule has 0 aromatic carbocycles. The normalized spacial score (nSPS) is 22.3. The molecule has 0 unspecified atom stereocenters. The predicted octanol–water partition coefficient (Wildman–Crippen LogP) is 2.63. The molecule has 4 nitrogen and oxygen atoms in total. The van der Waals surface area contributed by atoms with E-state index >= 15 is 0 Å². The van der Waals surface area contributed by atoms with Gasteiger partial charge in [-0.05, 0) is 52.0 Å². The molecular formula is C14H22N2O2. The third-order valence-corrected chi connectivity index (χ3v) is 3.59. The van der Waals surface area contributed by atoms with Crippen LogP contribution < -0.4 is 0 Å². The molecule has 1 fully saturated rings. The molecule has 2 aliphatic rings. The Balaban J connectivity index is 1.90. The molecule has 1 spiro atoms. The maximum absolute atomic E-state index is 11.9. The highest BCUT2D eigenvalue weighted by Gasteiger charge is 2.35. The summed E-state index contributed by atoms with van der Waals surface area (Å²) in [6.07, 6.45) is 4.99. The van der Waals surface area contributed by atoms with Crippen LogP contribution in [0.25, 0.3) is 0 Å². The van der Waals surface area contributed by atoms with Crippen molar-refractivity contribution in [3.8, 4) is 0 Å². The summed E-state index contributed by atoms with van der Waals surface area (Å²) >= 11 is 0. The van der Waals surface area contributed by atoms with E-state index in [4.69, 9.17) is 4.74 Å². The van der Waals surface area contributed by atoms with E-state index in [9.17, 15) is 4.79 Å². The highest BCUT2D eigenvalue weighted by atomic mass is 16.6. The SMILES string of the molecule is CC(C)(C)OC(=O)N1CCC2(C=C=NCC2)CC1. The molecule has 1 saturated heterocycles. The van der Waals surface area contributed by atoms with Gasteiger partial charge in [-0.1, -0.05) is 0 Å².